The Hall–Kier alpha value is -10.2. The lowest BCUT2D eigenvalue weighted by atomic mass is 10.0. The summed E-state index contributed by atoms with van der Waals surface area (Å²) in [6.45, 7) is 14.7. The second-order valence-electron chi connectivity index (χ2n) is 35.4. The highest BCUT2D eigenvalue weighted by molar-refractivity contribution is 5.67. The third-order valence-corrected chi connectivity index (χ3v) is 24.2. The lowest BCUT2D eigenvalue weighted by Crippen LogP contribution is -2.03. The molecule has 0 amide bonds. The van der Waals surface area contributed by atoms with Crippen molar-refractivity contribution in [3.8, 4) is 80.1 Å². The Kier molecular flexibility index (Phi) is 49.9. The van der Waals surface area contributed by atoms with Crippen molar-refractivity contribution in [1.82, 2.24) is 0 Å². The van der Waals surface area contributed by atoms with Crippen LogP contribution in [0, 0.1) is 0 Å². The van der Waals surface area contributed by atoms with Gasteiger partial charge in [0, 0.05) is 6.07 Å². The maximum atomic E-state index is 9.91. The van der Waals surface area contributed by atoms with Crippen molar-refractivity contribution >= 4 is 0 Å². The Morgan fingerprint density at radius 1 is 0.154 bits per heavy atom. The highest BCUT2D eigenvalue weighted by Gasteiger charge is 2.16. The summed E-state index contributed by atoms with van der Waals surface area (Å²) >= 11 is 0. The van der Waals surface area contributed by atoms with Crippen LogP contribution in [0.25, 0.3) is 11.1 Å². The second kappa shape index (κ2) is 63.7. The molecule has 130 heavy (non-hydrogen) atoms. The van der Waals surface area contributed by atoms with E-state index in [1.165, 1.54) is 231 Å². The Labute approximate surface area is 782 Å². The third kappa shape index (κ3) is 41.9. The van der Waals surface area contributed by atoms with Crippen molar-refractivity contribution in [2.45, 2.75) is 344 Å². The third-order valence-electron chi connectivity index (χ3n) is 24.2. The van der Waals surface area contributed by atoms with E-state index in [1.807, 2.05) is 176 Å². The van der Waals surface area contributed by atoms with Gasteiger partial charge in [0.2, 0.25) is 0 Å². The minimum Gasteiger partial charge on any atom is -0.494 e. The number of hydrogen-bond donors (Lipinski definition) is 1. The van der Waals surface area contributed by atoms with E-state index in [0.717, 1.165) is 148 Å². The van der Waals surface area contributed by atoms with Crippen molar-refractivity contribution in [1.29, 1.82) is 0 Å². The van der Waals surface area contributed by atoms with Gasteiger partial charge in [-0.1, -0.05) is 368 Å². The van der Waals surface area contributed by atoms with Crippen LogP contribution in [0.3, 0.4) is 0 Å². The largest absolute Gasteiger partial charge is 0.494 e. The summed E-state index contributed by atoms with van der Waals surface area (Å²) in [4.78, 5) is 0. The van der Waals surface area contributed by atoms with Crippen LogP contribution in [0.4, 0.5) is 0 Å². The smallest absolute Gasteiger partial charge is 0.162 e. The van der Waals surface area contributed by atoms with E-state index in [9.17, 15) is 5.11 Å². The molecule has 0 atom stereocenters. The van der Waals surface area contributed by atoms with E-state index in [-0.39, 0.29) is 6.61 Å². The van der Waals surface area contributed by atoms with Gasteiger partial charge in [0.15, 0.2) is 23.0 Å². The van der Waals surface area contributed by atoms with Gasteiger partial charge in [-0.15, -0.1) is 0 Å². The Balaban J connectivity index is 0.714. The van der Waals surface area contributed by atoms with Crippen LogP contribution in [0.5, 0.6) is 69.0 Å². The molecule has 0 heterocycles. The van der Waals surface area contributed by atoms with Crippen molar-refractivity contribution in [3.63, 3.8) is 0 Å². The number of ether oxygens (including phenoxy) is 12. The summed E-state index contributed by atoms with van der Waals surface area (Å²) in [6.07, 6.45) is 51.9. The van der Waals surface area contributed by atoms with Crippen molar-refractivity contribution in [2.24, 2.45) is 0 Å². The van der Waals surface area contributed by atoms with Crippen LogP contribution in [-0.4, -0.2) is 31.5 Å². The molecule has 0 radical (unpaired) electrons. The summed E-state index contributed by atoms with van der Waals surface area (Å²) in [5, 5.41) is 9.91. The summed E-state index contributed by atoms with van der Waals surface area (Å²) in [7, 11) is 0. The molecule has 0 aliphatic rings. The molecule has 0 aromatic heterocycles. The average molecular weight is 1770 g/mol. The van der Waals surface area contributed by atoms with Gasteiger partial charge in [0.1, 0.15) is 98.9 Å². The van der Waals surface area contributed by atoms with Gasteiger partial charge in [0.25, 0.3) is 0 Å². The van der Waals surface area contributed by atoms with Gasteiger partial charge in [0.05, 0.1) is 33.0 Å². The van der Waals surface area contributed by atoms with Crippen molar-refractivity contribution in [2.75, 3.05) is 26.4 Å². The zero-order chi connectivity index (χ0) is 90.4. The van der Waals surface area contributed by atoms with Crippen LogP contribution in [0.2, 0.25) is 0 Å². The molecule has 0 saturated heterocycles. The number of hydrogen-bond acceptors (Lipinski definition) is 13. The van der Waals surface area contributed by atoms with Gasteiger partial charge in [-0.25, -0.2) is 0 Å². The fourth-order valence-electron chi connectivity index (χ4n) is 16.0. The minimum atomic E-state index is -0.0407. The van der Waals surface area contributed by atoms with Crippen LogP contribution in [0.1, 0.15) is 335 Å². The predicted octanol–water partition coefficient (Wildman–Crippen LogP) is 32.7. The van der Waals surface area contributed by atoms with Crippen LogP contribution in [-0.2, 0) is 59.5 Å². The normalized spacial score (nSPS) is 11.2. The number of rotatable bonds is 74. The number of aliphatic hydroxyl groups excluding tert-OH is 1. The molecule has 10 aromatic rings. The van der Waals surface area contributed by atoms with Crippen LogP contribution in [0.15, 0.2) is 224 Å². The van der Waals surface area contributed by atoms with E-state index in [2.05, 4.69) is 76.2 Å². The first-order valence-electron chi connectivity index (χ1n) is 50.4. The standard InChI is InChI=1S/C117H156O13/c1-5-9-13-17-21-25-29-33-37-41-77-119-106-63-47-98(48-64-106)89-127-114-75-59-102(81-116(114)129-91-100-51-67-108(68-52-100)121-79-43-39-35-31-27-23-19-15-11-7-3)93-123-110-71-55-96(56-72-110)87-125-112-83-105(104-61-45-95(86-118)46-62-104)84-113(85-112)126-88-97-57-73-111(74-58-97)124-94-103-60-76-115(128-90-99-49-65-107(66-50-99)120-78-42-38-34-30-26-22-18-14-10-6-2)117(82-103)130-92-101-53-69-109(70-54-101)122-80-44-40-36-32-28-24-20-16-12-8-4/h45-76,81-85,118H,5-44,77-80,86-94H2,1-4H3. The fourth-order valence-corrected chi connectivity index (χ4v) is 16.0. The fraction of sp³-hybridized carbons (Fsp3) is 0.487. The molecule has 0 aliphatic carbocycles. The van der Waals surface area contributed by atoms with E-state index in [4.69, 9.17) is 56.8 Å². The quantitative estimate of drug-likeness (QED) is 0.0363. The molecule has 0 bridgehead atoms. The minimum absolute atomic E-state index is 0.0407. The average Bonchev–Trinajstić information content (AvgIpc) is 0.831. The summed E-state index contributed by atoms with van der Waals surface area (Å²) in [6, 6.07) is 74.9. The number of unbranched alkanes of at least 4 members (excludes halogenated alkanes) is 36. The highest BCUT2D eigenvalue weighted by atomic mass is 16.5. The Morgan fingerprint density at radius 3 is 0.608 bits per heavy atom. The SMILES string of the molecule is CCCCCCCCCCCCOc1ccc(COc2ccc(COc3ccc(COc4cc(OCc5ccc(OCc6ccc(OCc7ccc(OCCCCCCCCCCCC)cc7)c(OCc7ccc(OCCCCCCCCCCCC)cc7)c6)cc5)cc(-c5ccc(CO)cc5)c4)cc3)cc2OCc2ccc(OCCCCCCCCCCCC)cc2)cc1. The monoisotopic (exact) mass is 1770 g/mol. The molecular weight excluding hydrogens is 1610 g/mol. The highest BCUT2D eigenvalue weighted by Crippen LogP contribution is 2.36. The summed E-state index contributed by atoms with van der Waals surface area (Å²) in [5.41, 5.74) is 10.7. The van der Waals surface area contributed by atoms with Gasteiger partial charge < -0.3 is 61.9 Å². The maximum absolute atomic E-state index is 9.91. The first kappa shape index (κ1) is 102. The molecule has 0 unspecified atom stereocenters. The molecule has 13 heteroatoms. The number of aliphatic hydroxyl groups is 1. The Bertz CT molecular complexity index is 4280. The molecular formula is C117H156O13. The number of benzene rings is 10. The molecule has 0 aliphatic heterocycles. The molecule has 10 rings (SSSR count). The van der Waals surface area contributed by atoms with Gasteiger partial charge in [-0.3, -0.25) is 0 Å². The predicted molar refractivity (Wildman–Crippen MR) is 533 cm³/mol. The van der Waals surface area contributed by atoms with E-state index in [1.54, 1.807) is 0 Å². The van der Waals surface area contributed by atoms with Crippen LogP contribution >= 0.6 is 0 Å². The van der Waals surface area contributed by atoms with Crippen molar-refractivity contribution < 1.29 is 61.9 Å². The Morgan fingerprint density at radius 2 is 0.354 bits per heavy atom. The maximum Gasteiger partial charge on any atom is 0.162 e. The van der Waals surface area contributed by atoms with Gasteiger partial charge in [-0.2, -0.15) is 0 Å². The first-order chi connectivity index (χ1) is 64.3. The second-order valence-corrected chi connectivity index (χ2v) is 35.4. The first-order valence-corrected chi connectivity index (χ1v) is 50.4. The molecule has 10 aromatic carbocycles. The zero-order valence-corrected chi connectivity index (χ0v) is 79.7. The molecule has 13 nitrogen and oxygen atoms in total. The van der Waals surface area contributed by atoms with Crippen LogP contribution < -0.4 is 56.8 Å². The van der Waals surface area contributed by atoms with E-state index < -0.39 is 0 Å². The molecule has 0 saturated carbocycles. The molecule has 1 N–H and O–H groups in total. The lowest BCUT2D eigenvalue weighted by molar-refractivity contribution is 0.253. The topological polar surface area (TPSA) is 131 Å². The van der Waals surface area contributed by atoms with E-state index in [0.29, 0.717) is 87.4 Å². The zero-order valence-electron chi connectivity index (χ0n) is 79.7. The van der Waals surface area contributed by atoms with Gasteiger partial charge >= 0.3 is 0 Å². The molecule has 0 spiro atoms. The molecule has 0 fully saturated rings. The molecule has 702 valence electrons. The van der Waals surface area contributed by atoms with E-state index >= 15 is 0 Å². The van der Waals surface area contributed by atoms with Gasteiger partial charge in [-0.05, 0) is 196 Å². The lowest BCUT2D eigenvalue weighted by Gasteiger charge is -2.16. The summed E-state index contributed by atoms with van der Waals surface area (Å²) in [5.74, 6) is 8.83. The van der Waals surface area contributed by atoms with Crippen molar-refractivity contribution in [3.05, 3.63) is 275 Å². The summed E-state index contributed by atoms with van der Waals surface area (Å²) < 4.78 is 76.9.